The summed E-state index contributed by atoms with van der Waals surface area (Å²) < 4.78 is 4.67. The fraction of sp³-hybridized carbons (Fsp3) is 0.556. The Morgan fingerprint density at radius 3 is 2.25 bits per heavy atom. The van der Waals surface area contributed by atoms with Gasteiger partial charge in [0, 0.05) is 17.6 Å². The van der Waals surface area contributed by atoms with Gasteiger partial charge in [-0.1, -0.05) is 6.42 Å². The molecule has 0 aromatic heterocycles. The van der Waals surface area contributed by atoms with E-state index in [9.17, 15) is 9.59 Å². The quantitative estimate of drug-likeness (QED) is 0.819. The van der Waals surface area contributed by atoms with Gasteiger partial charge >= 0.3 is 5.97 Å². The van der Waals surface area contributed by atoms with Gasteiger partial charge in [-0.25, -0.2) is 4.79 Å². The highest BCUT2D eigenvalue weighted by Gasteiger charge is 2.40. The summed E-state index contributed by atoms with van der Waals surface area (Å²) in [7, 11) is 1.35. The number of anilines is 1. The highest BCUT2D eigenvalue weighted by molar-refractivity contribution is 5.94. The third-order valence-electron chi connectivity index (χ3n) is 5.36. The first-order valence-electron chi connectivity index (χ1n) is 8.33. The summed E-state index contributed by atoms with van der Waals surface area (Å²) in [6.07, 6.45) is 5.32. The molecule has 0 spiro atoms. The van der Waals surface area contributed by atoms with Crippen LogP contribution in [-0.2, 0) is 9.53 Å². The second kappa shape index (κ2) is 7.99. The third kappa shape index (κ3) is 3.90. The standard InChI is InChI=1S/C18H24N2O3.ClH/c1-23-18(22)11-5-7-15(8-6-11)20-17(21)14-9-12-3-2-4-13(10-14)16(12)19;/h5-8,12-14,16H,2-4,9-10,19H2,1H3,(H,20,21);1H. The number of carbonyl (C=O) groups is 2. The number of carbonyl (C=O) groups excluding carboxylic acids is 2. The van der Waals surface area contributed by atoms with E-state index in [4.69, 9.17) is 5.73 Å². The van der Waals surface area contributed by atoms with Gasteiger partial charge < -0.3 is 15.8 Å². The Hall–Kier alpha value is -1.59. The van der Waals surface area contributed by atoms with Gasteiger partial charge in [-0.2, -0.15) is 0 Å². The van der Waals surface area contributed by atoms with E-state index in [2.05, 4.69) is 10.1 Å². The molecule has 0 saturated heterocycles. The largest absolute Gasteiger partial charge is 0.465 e. The fourth-order valence-corrected chi connectivity index (χ4v) is 4.06. The van der Waals surface area contributed by atoms with E-state index in [0.29, 0.717) is 23.1 Å². The van der Waals surface area contributed by atoms with Crippen molar-refractivity contribution in [3.05, 3.63) is 29.8 Å². The van der Waals surface area contributed by atoms with Crippen molar-refractivity contribution in [1.82, 2.24) is 0 Å². The van der Waals surface area contributed by atoms with Crippen LogP contribution < -0.4 is 11.1 Å². The monoisotopic (exact) mass is 352 g/mol. The molecule has 2 atom stereocenters. The molecule has 2 aliphatic carbocycles. The van der Waals surface area contributed by atoms with E-state index in [1.54, 1.807) is 24.3 Å². The van der Waals surface area contributed by atoms with Gasteiger partial charge in [-0.05, 0) is 61.8 Å². The second-order valence-electron chi connectivity index (χ2n) is 6.75. The lowest BCUT2D eigenvalue weighted by atomic mass is 9.65. The number of hydrogen-bond acceptors (Lipinski definition) is 4. The molecular formula is C18H25ClN2O3. The van der Waals surface area contributed by atoms with Crippen LogP contribution in [0.5, 0.6) is 0 Å². The van der Waals surface area contributed by atoms with Crippen molar-refractivity contribution in [2.75, 3.05) is 12.4 Å². The molecular weight excluding hydrogens is 328 g/mol. The molecule has 3 N–H and O–H groups in total. The molecule has 2 aliphatic rings. The summed E-state index contributed by atoms with van der Waals surface area (Å²) in [5, 5.41) is 2.97. The molecule has 3 rings (SSSR count). The lowest BCUT2D eigenvalue weighted by Gasteiger charge is -2.43. The molecule has 6 heteroatoms. The van der Waals surface area contributed by atoms with Crippen LogP contribution in [0.2, 0.25) is 0 Å². The van der Waals surface area contributed by atoms with Gasteiger partial charge in [0.25, 0.3) is 0 Å². The molecule has 0 heterocycles. The van der Waals surface area contributed by atoms with Crippen LogP contribution in [0.25, 0.3) is 0 Å². The first-order chi connectivity index (χ1) is 11.1. The number of amides is 1. The summed E-state index contributed by atoms with van der Waals surface area (Å²) >= 11 is 0. The molecule has 1 aromatic carbocycles. The Balaban J connectivity index is 0.00000208. The molecule has 1 amide bonds. The number of esters is 1. The van der Waals surface area contributed by atoms with E-state index in [1.165, 1.54) is 13.5 Å². The van der Waals surface area contributed by atoms with E-state index in [-0.39, 0.29) is 36.2 Å². The van der Waals surface area contributed by atoms with Crippen molar-refractivity contribution in [3.63, 3.8) is 0 Å². The van der Waals surface area contributed by atoms with Crippen molar-refractivity contribution >= 4 is 30.0 Å². The zero-order chi connectivity index (χ0) is 16.4. The average Bonchev–Trinajstić information content (AvgIpc) is 2.54. The molecule has 24 heavy (non-hydrogen) atoms. The number of methoxy groups -OCH3 is 1. The van der Waals surface area contributed by atoms with Gasteiger partial charge in [0.2, 0.25) is 5.91 Å². The summed E-state index contributed by atoms with van der Waals surface area (Å²) in [5.74, 6) is 0.710. The minimum Gasteiger partial charge on any atom is -0.465 e. The van der Waals surface area contributed by atoms with E-state index in [1.807, 2.05) is 0 Å². The first-order valence-corrected chi connectivity index (χ1v) is 8.33. The first kappa shape index (κ1) is 18.7. The number of ether oxygens (including phenoxy) is 1. The highest BCUT2D eigenvalue weighted by atomic mass is 35.5. The van der Waals surface area contributed by atoms with Crippen LogP contribution in [0.4, 0.5) is 5.69 Å². The number of fused-ring (bicyclic) bond motifs is 2. The minimum absolute atomic E-state index is 0. The van der Waals surface area contributed by atoms with Gasteiger partial charge in [0.05, 0.1) is 12.7 Å². The van der Waals surface area contributed by atoms with Crippen molar-refractivity contribution in [2.45, 2.75) is 38.1 Å². The van der Waals surface area contributed by atoms with Crippen molar-refractivity contribution in [1.29, 1.82) is 0 Å². The maximum absolute atomic E-state index is 12.5. The van der Waals surface area contributed by atoms with Crippen molar-refractivity contribution in [2.24, 2.45) is 23.5 Å². The normalized spacial score (nSPS) is 28.4. The van der Waals surface area contributed by atoms with E-state index >= 15 is 0 Å². The number of rotatable bonds is 3. The molecule has 132 valence electrons. The van der Waals surface area contributed by atoms with Gasteiger partial charge in [0.15, 0.2) is 0 Å². The fourth-order valence-electron chi connectivity index (χ4n) is 4.06. The summed E-state index contributed by atoms with van der Waals surface area (Å²) in [6, 6.07) is 7.06. The van der Waals surface area contributed by atoms with Crippen LogP contribution in [0.1, 0.15) is 42.5 Å². The maximum Gasteiger partial charge on any atom is 0.337 e. The zero-order valence-corrected chi connectivity index (χ0v) is 14.7. The van der Waals surface area contributed by atoms with Crippen LogP contribution in [0.15, 0.2) is 24.3 Å². The molecule has 0 radical (unpaired) electrons. The highest BCUT2D eigenvalue weighted by Crippen LogP contribution is 2.42. The molecule has 2 unspecified atom stereocenters. The Kier molecular flexibility index (Phi) is 6.24. The summed E-state index contributed by atoms with van der Waals surface area (Å²) in [6.45, 7) is 0. The Labute approximate surface area is 148 Å². The van der Waals surface area contributed by atoms with Crippen LogP contribution in [0.3, 0.4) is 0 Å². The molecule has 1 aromatic rings. The van der Waals surface area contributed by atoms with Gasteiger partial charge in [-0.15, -0.1) is 12.4 Å². The number of nitrogens with one attached hydrogen (secondary N) is 1. The van der Waals surface area contributed by atoms with E-state index < -0.39 is 0 Å². The minimum atomic E-state index is -0.378. The van der Waals surface area contributed by atoms with Crippen LogP contribution >= 0.6 is 12.4 Å². The van der Waals surface area contributed by atoms with Crippen LogP contribution in [0, 0.1) is 17.8 Å². The second-order valence-corrected chi connectivity index (χ2v) is 6.75. The van der Waals surface area contributed by atoms with E-state index in [0.717, 1.165) is 25.7 Å². The molecule has 2 saturated carbocycles. The smallest absolute Gasteiger partial charge is 0.337 e. The average molecular weight is 353 g/mol. The number of nitrogens with two attached hydrogens (primary N) is 1. The summed E-state index contributed by atoms with van der Waals surface area (Å²) in [5.41, 5.74) is 7.47. The summed E-state index contributed by atoms with van der Waals surface area (Å²) in [4.78, 5) is 24.0. The molecule has 2 bridgehead atoms. The number of benzene rings is 1. The number of halogens is 1. The Bertz CT molecular complexity index is 576. The predicted molar refractivity (Wildman–Crippen MR) is 95.2 cm³/mol. The van der Waals surface area contributed by atoms with Gasteiger partial charge in [0.1, 0.15) is 0 Å². The topological polar surface area (TPSA) is 81.4 Å². The predicted octanol–water partition coefficient (Wildman–Crippen LogP) is 2.99. The van der Waals surface area contributed by atoms with Crippen molar-refractivity contribution < 1.29 is 14.3 Å². The lowest BCUT2D eigenvalue weighted by molar-refractivity contribution is -0.122. The zero-order valence-electron chi connectivity index (χ0n) is 13.9. The molecule has 5 nitrogen and oxygen atoms in total. The SMILES string of the molecule is COC(=O)c1ccc(NC(=O)C2CC3CCCC(C2)C3N)cc1.Cl. The van der Waals surface area contributed by atoms with Crippen LogP contribution in [-0.4, -0.2) is 25.0 Å². The molecule has 2 fully saturated rings. The Morgan fingerprint density at radius 2 is 1.71 bits per heavy atom. The molecule has 0 aliphatic heterocycles. The van der Waals surface area contributed by atoms with Crippen molar-refractivity contribution in [3.8, 4) is 0 Å². The number of hydrogen-bond donors (Lipinski definition) is 2. The lowest BCUT2D eigenvalue weighted by Crippen LogP contribution is -2.48. The maximum atomic E-state index is 12.5. The third-order valence-corrected chi connectivity index (χ3v) is 5.36. The van der Waals surface area contributed by atoms with Gasteiger partial charge in [-0.3, -0.25) is 4.79 Å². The Morgan fingerprint density at radius 1 is 1.12 bits per heavy atom.